The van der Waals surface area contributed by atoms with Crippen molar-refractivity contribution in [3.8, 4) is 0 Å². The van der Waals surface area contributed by atoms with Gasteiger partial charge in [-0.05, 0) is 30.3 Å². The predicted molar refractivity (Wildman–Crippen MR) is 82.3 cm³/mol. The van der Waals surface area contributed by atoms with Crippen molar-refractivity contribution in [1.82, 2.24) is 14.9 Å². The summed E-state index contributed by atoms with van der Waals surface area (Å²) >= 11 is 1.50. The molecule has 0 bridgehead atoms. The van der Waals surface area contributed by atoms with E-state index in [9.17, 15) is 9.90 Å². The molecule has 1 aromatic carbocycles. The normalized spacial score (nSPS) is 12.5. The van der Waals surface area contributed by atoms with E-state index in [1.54, 1.807) is 11.6 Å². The van der Waals surface area contributed by atoms with Gasteiger partial charge in [-0.3, -0.25) is 4.79 Å². The van der Waals surface area contributed by atoms with Gasteiger partial charge in [0.05, 0.1) is 15.7 Å². The van der Waals surface area contributed by atoms with Crippen LogP contribution in [0.5, 0.6) is 0 Å². The van der Waals surface area contributed by atoms with E-state index in [-0.39, 0.29) is 12.5 Å². The first-order chi connectivity index (χ1) is 10.1. The first kappa shape index (κ1) is 13.8. The lowest BCUT2D eigenvalue weighted by Gasteiger charge is -2.13. The molecular weight excluding hydrogens is 286 g/mol. The summed E-state index contributed by atoms with van der Waals surface area (Å²) in [6.07, 6.45) is 1.14. The van der Waals surface area contributed by atoms with Gasteiger partial charge in [0.25, 0.3) is 5.91 Å². The summed E-state index contributed by atoms with van der Waals surface area (Å²) in [5, 5.41) is 12.8. The highest BCUT2D eigenvalue weighted by Crippen LogP contribution is 2.19. The van der Waals surface area contributed by atoms with Gasteiger partial charge in [-0.2, -0.15) is 0 Å². The minimum absolute atomic E-state index is 0.178. The van der Waals surface area contributed by atoms with Gasteiger partial charge in [0, 0.05) is 31.0 Å². The van der Waals surface area contributed by atoms with Gasteiger partial charge in [0.2, 0.25) is 0 Å². The molecule has 0 aliphatic heterocycles. The fourth-order valence-corrected chi connectivity index (χ4v) is 2.93. The molecule has 21 heavy (non-hydrogen) atoms. The molecule has 3 aromatic rings. The standard InChI is InChI=1S/C15H15N3O2S/c1-18-6-2-3-12(18)13(19)8-16-15(20)10-4-5-11-14(7-10)21-9-17-11/h2-7,9,13,19H,8H2,1H3,(H,16,20). The van der Waals surface area contributed by atoms with E-state index in [4.69, 9.17) is 0 Å². The highest BCUT2D eigenvalue weighted by Gasteiger charge is 2.13. The number of hydrogen-bond acceptors (Lipinski definition) is 4. The SMILES string of the molecule is Cn1cccc1C(O)CNC(=O)c1ccc2ncsc2c1. The molecule has 2 aromatic heterocycles. The Hall–Kier alpha value is -2.18. The van der Waals surface area contributed by atoms with Crippen LogP contribution in [0.1, 0.15) is 22.2 Å². The van der Waals surface area contributed by atoms with Crippen LogP contribution in [-0.4, -0.2) is 27.1 Å². The van der Waals surface area contributed by atoms with E-state index in [1.165, 1.54) is 11.3 Å². The summed E-state index contributed by atoms with van der Waals surface area (Å²) in [7, 11) is 1.86. The third kappa shape index (κ3) is 2.81. The molecular formula is C15H15N3O2S. The number of aromatic nitrogens is 2. The van der Waals surface area contributed by atoms with Crippen molar-refractivity contribution < 1.29 is 9.90 Å². The van der Waals surface area contributed by atoms with Crippen molar-refractivity contribution in [3.05, 3.63) is 53.3 Å². The molecule has 2 heterocycles. The minimum Gasteiger partial charge on any atom is -0.385 e. The molecule has 108 valence electrons. The summed E-state index contributed by atoms with van der Waals surface area (Å²) in [5.74, 6) is -0.196. The van der Waals surface area contributed by atoms with E-state index < -0.39 is 6.10 Å². The lowest BCUT2D eigenvalue weighted by molar-refractivity contribution is 0.0912. The molecule has 2 N–H and O–H groups in total. The molecule has 0 aliphatic rings. The number of amides is 1. The van der Waals surface area contributed by atoms with Crippen LogP contribution in [0, 0.1) is 0 Å². The zero-order chi connectivity index (χ0) is 14.8. The number of rotatable bonds is 4. The molecule has 0 saturated heterocycles. The van der Waals surface area contributed by atoms with E-state index in [0.29, 0.717) is 5.56 Å². The largest absolute Gasteiger partial charge is 0.385 e. The molecule has 3 rings (SSSR count). The lowest BCUT2D eigenvalue weighted by atomic mass is 10.2. The van der Waals surface area contributed by atoms with Crippen molar-refractivity contribution >= 4 is 27.5 Å². The topological polar surface area (TPSA) is 67.2 Å². The van der Waals surface area contributed by atoms with Crippen LogP contribution < -0.4 is 5.32 Å². The monoisotopic (exact) mass is 301 g/mol. The number of nitrogens with one attached hydrogen (secondary N) is 1. The Labute approximate surface area is 125 Å². The van der Waals surface area contributed by atoms with E-state index >= 15 is 0 Å². The van der Waals surface area contributed by atoms with Gasteiger partial charge in [-0.25, -0.2) is 4.98 Å². The highest BCUT2D eigenvalue weighted by atomic mass is 32.1. The van der Waals surface area contributed by atoms with Crippen LogP contribution in [0.2, 0.25) is 0 Å². The Morgan fingerprint density at radius 1 is 1.48 bits per heavy atom. The van der Waals surface area contributed by atoms with Crippen molar-refractivity contribution in [2.24, 2.45) is 7.05 Å². The quantitative estimate of drug-likeness (QED) is 0.775. The fraction of sp³-hybridized carbons (Fsp3) is 0.200. The van der Waals surface area contributed by atoms with Gasteiger partial charge < -0.3 is 15.0 Å². The number of carbonyl (C=O) groups is 1. The number of hydrogen-bond donors (Lipinski definition) is 2. The van der Waals surface area contributed by atoms with Gasteiger partial charge in [-0.1, -0.05) is 0 Å². The molecule has 0 saturated carbocycles. The molecule has 0 fully saturated rings. The third-order valence-corrected chi connectivity index (χ3v) is 4.17. The fourth-order valence-electron chi connectivity index (χ4n) is 2.21. The highest BCUT2D eigenvalue weighted by molar-refractivity contribution is 7.16. The third-order valence-electron chi connectivity index (χ3n) is 3.37. The Bertz CT molecular complexity index is 778. The van der Waals surface area contributed by atoms with Crippen LogP contribution in [0.25, 0.3) is 10.2 Å². The molecule has 1 unspecified atom stereocenters. The van der Waals surface area contributed by atoms with E-state index in [1.807, 2.05) is 42.1 Å². The lowest BCUT2D eigenvalue weighted by Crippen LogP contribution is -2.29. The van der Waals surface area contributed by atoms with E-state index in [2.05, 4.69) is 10.3 Å². The number of carbonyl (C=O) groups excluding carboxylic acids is 1. The number of thiazole rings is 1. The minimum atomic E-state index is -0.721. The number of fused-ring (bicyclic) bond motifs is 1. The summed E-state index contributed by atoms with van der Waals surface area (Å²) in [6, 6.07) is 9.08. The maximum absolute atomic E-state index is 12.1. The number of aliphatic hydroxyl groups excluding tert-OH is 1. The molecule has 1 amide bonds. The molecule has 5 nitrogen and oxygen atoms in total. The van der Waals surface area contributed by atoms with Crippen molar-refractivity contribution in [3.63, 3.8) is 0 Å². The Morgan fingerprint density at radius 2 is 2.33 bits per heavy atom. The van der Waals surface area contributed by atoms with Gasteiger partial charge in [-0.15, -0.1) is 11.3 Å². The van der Waals surface area contributed by atoms with Crippen LogP contribution in [0.4, 0.5) is 0 Å². The molecule has 0 spiro atoms. The number of benzene rings is 1. The van der Waals surface area contributed by atoms with Crippen molar-refractivity contribution in [1.29, 1.82) is 0 Å². The zero-order valence-corrected chi connectivity index (χ0v) is 12.3. The number of nitrogens with zero attached hydrogens (tertiary/aromatic N) is 2. The van der Waals surface area contributed by atoms with Crippen LogP contribution in [-0.2, 0) is 7.05 Å². The van der Waals surface area contributed by atoms with E-state index in [0.717, 1.165) is 15.9 Å². The average Bonchev–Trinajstić information content (AvgIpc) is 3.11. The molecule has 0 aliphatic carbocycles. The van der Waals surface area contributed by atoms with Gasteiger partial charge in [0.15, 0.2) is 0 Å². The maximum Gasteiger partial charge on any atom is 0.251 e. The number of aliphatic hydroxyl groups is 1. The van der Waals surface area contributed by atoms with Gasteiger partial charge >= 0.3 is 0 Å². The Kier molecular flexibility index (Phi) is 3.72. The predicted octanol–water partition coefficient (Wildman–Crippen LogP) is 2.10. The Morgan fingerprint density at radius 3 is 3.10 bits per heavy atom. The molecule has 0 radical (unpaired) electrons. The summed E-state index contributed by atoms with van der Waals surface area (Å²) < 4.78 is 2.81. The summed E-state index contributed by atoms with van der Waals surface area (Å²) in [5.41, 5.74) is 3.99. The second kappa shape index (κ2) is 5.67. The summed E-state index contributed by atoms with van der Waals surface area (Å²) in [4.78, 5) is 16.3. The summed E-state index contributed by atoms with van der Waals surface area (Å²) in [6.45, 7) is 0.178. The van der Waals surface area contributed by atoms with Crippen molar-refractivity contribution in [2.75, 3.05) is 6.54 Å². The molecule has 1 atom stereocenters. The number of aryl methyl sites for hydroxylation is 1. The zero-order valence-electron chi connectivity index (χ0n) is 11.5. The first-order valence-corrected chi connectivity index (χ1v) is 7.44. The Balaban J connectivity index is 1.67. The van der Waals surface area contributed by atoms with Crippen LogP contribution in [0.15, 0.2) is 42.0 Å². The average molecular weight is 301 g/mol. The van der Waals surface area contributed by atoms with Crippen LogP contribution >= 0.6 is 11.3 Å². The maximum atomic E-state index is 12.1. The van der Waals surface area contributed by atoms with Gasteiger partial charge in [0.1, 0.15) is 6.10 Å². The smallest absolute Gasteiger partial charge is 0.251 e. The molecule has 6 heteroatoms. The van der Waals surface area contributed by atoms with Crippen molar-refractivity contribution in [2.45, 2.75) is 6.10 Å². The first-order valence-electron chi connectivity index (χ1n) is 6.56. The second-order valence-electron chi connectivity index (χ2n) is 4.80. The van der Waals surface area contributed by atoms with Crippen LogP contribution in [0.3, 0.4) is 0 Å². The second-order valence-corrected chi connectivity index (χ2v) is 5.69.